The molecule has 5 heteroatoms. The zero-order valence-corrected chi connectivity index (χ0v) is 17.0. The first-order chi connectivity index (χ1) is 13.0. The van der Waals surface area contributed by atoms with E-state index in [1.165, 1.54) is 32.1 Å². The quantitative estimate of drug-likeness (QED) is 0.691. The van der Waals surface area contributed by atoms with Crippen molar-refractivity contribution in [3.8, 4) is 11.1 Å². The summed E-state index contributed by atoms with van der Waals surface area (Å²) in [4.78, 5) is 2.91. The number of likely N-dealkylation sites (tertiary alicyclic amines) is 1. The normalized spacial score (nSPS) is 18.1. The minimum absolute atomic E-state index is 0.000807. The molecular weight excluding hydrogens is 358 g/mol. The number of methoxy groups -OCH3 is 1. The van der Waals surface area contributed by atoms with Crippen molar-refractivity contribution in [2.75, 3.05) is 32.6 Å². The minimum Gasteiger partial charge on any atom is -0.384 e. The van der Waals surface area contributed by atoms with Crippen LogP contribution in [0.3, 0.4) is 0 Å². The third kappa shape index (κ3) is 5.18. The number of ether oxygens (including phenoxy) is 1. The number of hydrogen-bond donors (Lipinski definition) is 0. The fourth-order valence-electron chi connectivity index (χ4n) is 3.64. The van der Waals surface area contributed by atoms with Crippen molar-refractivity contribution >= 4 is 9.84 Å². The van der Waals surface area contributed by atoms with Gasteiger partial charge in [-0.25, -0.2) is 8.42 Å². The van der Waals surface area contributed by atoms with E-state index in [1.54, 1.807) is 18.2 Å². The maximum atomic E-state index is 12.4. The van der Waals surface area contributed by atoms with Gasteiger partial charge in [-0.1, -0.05) is 36.4 Å². The summed E-state index contributed by atoms with van der Waals surface area (Å²) in [5.74, 6) is 0.000807. The first-order valence-corrected chi connectivity index (χ1v) is 11.3. The van der Waals surface area contributed by atoms with E-state index in [4.69, 9.17) is 4.74 Å². The van der Waals surface area contributed by atoms with Gasteiger partial charge in [-0.2, -0.15) is 0 Å². The second-order valence-electron chi connectivity index (χ2n) is 7.31. The van der Waals surface area contributed by atoms with E-state index in [9.17, 15) is 8.42 Å². The van der Waals surface area contributed by atoms with Gasteiger partial charge in [-0.05, 0) is 61.6 Å². The summed E-state index contributed by atoms with van der Waals surface area (Å²) in [5.41, 5.74) is 3.28. The highest BCUT2D eigenvalue weighted by Crippen LogP contribution is 2.24. The van der Waals surface area contributed by atoms with Gasteiger partial charge in [0.25, 0.3) is 0 Å². The Hall–Kier alpha value is -1.69. The Bertz CT molecular complexity index is 846. The molecule has 27 heavy (non-hydrogen) atoms. The molecule has 0 saturated carbocycles. The summed E-state index contributed by atoms with van der Waals surface area (Å²) in [6, 6.07) is 16.4. The van der Waals surface area contributed by atoms with Crippen molar-refractivity contribution in [2.24, 2.45) is 0 Å². The molecule has 0 spiro atoms. The monoisotopic (exact) mass is 387 g/mol. The highest BCUT2D eigenvalue weighted by atomic mass is 32.2. The summed E-state index contributed by atoms with van der Waals surface area (Å²) < 4.78 is 29.7. The van der Waals surface area contributed by atoms with Gasteiger partial charge in [0.2, 0.25) is 0 Å². The SMILES string of the molecule is COCCS(=O)(=O)c1cccc(-c2ccc(CCN3CCCC3C)cc2)c1. The van der Waals surface area contributed by atoms with Gasteiger partial charge in [-0.15, -0.1) is 0 Å². The van der Waals surface area contributed by atoms with Crippen LogP contribution in [-0.4, -0.2) is 51.9 Å². The van der Waals surface area contributed by atoms with Crippen LogP contribution in [0.5, 0.6) is 0 Å². The fourth-order valence-corrected chi connectivity index (χ4v) is 4.86. The molecule has 3 rings (SSSR count). The molecule has 1 aliphatic heterocycles. The lowest BCUT2D eigenvalue weighted by atomic mass is 10.0. The molecule has 0 amide bonds. The largest absolute Gasteiger partial charge is 0.384 e. The zero-order valence-electron chi connectivity index (χ0n) is 16.2. The number of sulfone groups is 1. The molecule has 1 heterocycles. The second-order valence-corrected chi connectivity index (χ2v) is 9.42. The molecule has 0 N–H and O–H groups in total. The summed E-state index contributed by atoms with van der Waals surface area (Å²) in [6.07, 6.45) is 3.67. The number of benzene rings is 2. The highest BCUT2D eigenvalue weighted by molar-refractivity contribution is 7.91. The van der Waals surface area contributed by atoms with Crippen LogP contribution in [0.2, 0.25) is 0 Å². The summed E-state index contributed by atoms with van der Waals surface area (Å²) in [6.45, 7) is 4.83. The molecule has 1 unspecified atom stereocenters. The Morgan fingerprint density at radius 3 is 2.56 bits per heavy atom. The van der Waals surface area contributed by atoms with Crippen LogP contribution >= 0.6 is 0 Å². The van der Waals surface area contributed by atoms with E-state index in [2.05, 4.69) is 36.1 Å². The van der Waals surface area contributed by atoms with E-state index < -0.39 is 9.84 Å². The zero-order chi connectivity index (χ0) is 19.3. The smallest absolute Gasteiger partial charge is 0.180 e. The Kier molecular flexibility index (Phi) is 6.68. The van der Waals surface area contributed by atoms with Gasteiger partial charge in [-0.3, -0.25) is 0 Å². The van der Waals surface area contributed by atoms with Crippen molar-refractivity contribution < 1.29 is 13.2 Å². The van der Waals surface area contributed by atoms with Crippen LogP contribution < -0.4 is 0 Å². The Balaban J connectivity index is 1.69. The molecular formula is C22H29NO3S. The van der Waals surface area contributed by atoms with Gasteiger partial charge in [0, 0.05) is 19.7 Å². The Morgan fingerprint density at radius 1 is 1.11 bits per heavy atom. The molecule has 1 atom stereocenters. The van der Waals surface area contributed by atoms with Gasteiger partial charge in [0.05, 0.1) is 17.3 Å². The van der Waals surface area contributed by atoms with E-state index in [-0.39, 0.29) is 12.4 Å². The van der Waals surface area contributed by atoms with E-state index >= 15 is 0 Å². The third-order valence-corrected chi connectivity index (χ3v) is 7.09. The van der Waals surface area contributed by atoms with Crippen molar-refractivity contribution in [3.05, 3.63) is 54.1 Å². The van der Waals surface area contributed by atoms with E-state index in [0.29, 0.717) is 10.9 Å². The van der Waals surface area contributed by atoms with Crippen LogP contribution in [-0.2, 0) is 21.0 Å². The lowest BCUT2D eigenvalue weighted by molar-refractivity contribution is 0.217. The number of hydrogen-bond acceptors (Lipinski definition) is 4. The molecule has 0 aromatic heterocycles. The molecule has 1 fully saturated rings. The predicted molar refractivity (Wildman–Crippen MR) is 110 cm³/mol. The first kappa shape index (κ1) is 20.1. The minimum atomic E-state index is -3.31. The lowest BCUT2D eigenvalue weighted by Gasteiger charge is -2.20. The Morgan fingerprint density at radius 2 is 1.89 bits per heavy atom. The first-order valence-electron chi connectivity index (χ1n) is 9.65. The van der Waals surface area contributed by atoms with Gasteiger partial charge >= 0.3 is 0 Å². The average molecular weight is 388 g/mol. The average Bonchev–Trinajstić information content (AvgIpc) is 3.10. The van der Waals surface area contributed by atoms with E-state index in [0.717, 1.165) is 24.1 Å². The van der Waals surface area contributed by atoms with Crippen LogP contribution in [0.4, 0.5) is 0 Å². The van der Waals surface area contributed by atoms with Crippen molar-refractivity contribution in [1.29, 1.82) is 0 Å². The molecule has 0 bridgehead atoms. The molecule has 1 saturated heterocycles. The third-order valence-electron chi connectivity index (χ3n) is 5.41. The van der Waals surface area contributed by atoms with Crippen LogP contribution in [0.25, 0.3) is 11.1 Å². The topological polar surface area (TPSA) is 46.6 Å². The van der Waals surface area contributed by atoms with Crippen LogP contribution in [0, 0.1) is 0 Å². The van der Waals surface area contributed by atoms with Crippen molar-refractivity contribution in [3.63, 3.8) is 0 Å². The molecule has 4 nitrogen and oxygen atoms in total. The molecule has 0 aliphatic carbocycles. The van der Waals surface area contributed by atoms with Crippen LogP contribution in [0.15, 0.2) is 53.4 Å². The standard InChI is InChI=1S/C22H29NO3S/c1-18-5-4-13-23(18)14-12-19-8-10-20(11-9-19)21-6-3-7-22(17-21)27(24,25)16-15-26-2/h3,6-11,17-18H,4-5,12-16H2,1-2H3. The molecule has 1 aliphatic rings. The van der Waals surface area contributed by atoms with Gasteiger partial charge in [0.15, 0.2) is 9.84 Å². The molecule has 0 radical (unpaired) electrons. The molecule has 2 aromatic carbocycles. The second kappa shape index (κ2) is 9.00. The van der Waals surface area contributed by atoms with Crippen molar-refractivity contribution in [1.82, 2.24) is 4.90 Å². The fraction of sp³-hybridized carbons (Fsp3) is 0.455. The molecule has 146 valence electrons. The van der Waals surface area contributed by atoms with Crippen molar-refractivity contribution in [2.45, 2.75) is 37.1 Å². The van der Waals surface area contributed by atoms with E-state index in [1.807, 2.05) is 6.07 Å². The number of rotatable bonds is 8. The van der Waals surface area contributed by atoms with Crippen LogP contribution in [0.1, 0.15) is 25.3 Å². The molecule has 2 aromatic rings. The Labute approximate surface area is 163 Å². The lowest BCUT2D eigenvalue weighted by Crippen LogP contribution is -2.28. The number of nitrogens with zero attached hydrogens (tertiary/aromatic N) is 1. The predicted octanol–water partition coefficient (Wildman–Crippen LogP) is 3.80. The van der Waals surface area contributed by atoms with Gasteiger partial charge in [0.1, 0.15) is 0 Å². The summed E-state index contributed by atoms with van der Waals surface area (Å²) >= 11 is 0. The maximum Gasteiger partial charge on any atom is 0.180 e. The summed E-state index contributed by atoms with van der Waals surface area (Å²) in [5, 5.41) is 0. The maximum absolute atomic E-state index is 12.4. The van der Waals surface area contributed by atoms with Gasteiger partial charge < -0.3 is 9.64 Å². The summed E-state index contributed by atoms with van der Waals surface area (Å²) in [7, 11) is -1.80. The highest BCUT2D eigenvalue weighted by Gasteiger charge is 2.19.